The lowest BCUT2D eigenvalue weighted by atomic mass is 10.1. The number of hydrogen-bond donors (Lipinski definition) is 0. The maximum Gasteiger partial charge on any atom is 0.259 e. The number of nitrogens with zero attached hydrogens (tertiary/aromatic N) is 2. The molecule has 1 atom stereocenters. The Morgan fingerprint density at radius 2 is 1.80 bits per heavy atom. The molecule has 2 aromatic rings. The zero-order valence-electron chi connectivity index (χ0n) is 11.8. The number of anilines is 1. The van der Waals surface area contributed by atoms with Crippen LogP contribution in [0.5, 0.6) is 0 Å². The van der Waals surface area contributed by atoms with Gasteiger partial charge in [-0.25, -0.2) is 0 Å². The fourth-order valence-corrected chi connectivity index (χ4v) is 2.81. The highest BCUT2D eigenvalue weighted by Gasteiger charge is 2.36. The van der Waals surface area contributed by atoms with E-state index in [0.717, 1.165) is 16.5 Å². The molecule has 0 fully saturated rings. The van der Waals surface area contributed by atoms with Gasteiger partial charge in [-0.2, -0.15) is 0 Å². The summed E-state index contributed by atoms with van der Waals surface area (Å²) in [5, 5.41) is 1.97. The summed E-state index contributed by atoms with van der Waals surface area (Å²) in [5.41, 5.74) is 1.50. The molecule has 2 aromatic carbocycles. The van der Waals surface area contributed by atoms with E-state index in [2.05, 4.69) is 0 Å². The van der Waals surface area contributed by atoms with Crippen molar-refractivity contribution in [1.29, 1.82) is 0 Å². The number of hydrogen-bond acceptors (Lipinski definition) is 2. The van der Waals surface area contributed by atoms with E-state index in [0.29, 0.717) is 5.56 Å². The first-order valence-electron chi connectivity index (χ1n) is 6.59. The number of carbonyl (C=O) groups excluding carboxylic acids is 2. The number of carbonyl (C=O) groups is 2. The summed E-state index contributed by atoms with van der Waals surface area (Å²) in [7, 11) is 3.40. The number of benzene rings is 2. The lowest BCUT2D eigenvalue weighted by molar-refractivity contribution is -0.129. The van der Waals surface area contributed by atoms with Crippen molar-refractivity contribution in [2.75, 3.05) is 19.0 Å². The normalized spacial score (nSPS) is 14.8. The minimum Gasteiger partial charge on any atom is -0.347 e. The van der Waals surface area contributed by atoms with Gasteiger partial charge in [-0.05, 0) is 24.4 Å². The average molecular weight is 268 g/mol. The van der Waals surface area contributed by atoms with Gasteiger partial charge in [-0.1, -0.05) is 24.3 Å². The van der Waals surface area contributed by atoms with Crippen molar-refractivity contribution in [2.24, 2.45) is 0 Å². The van der Waals surface area contributed by atoms with E-state index in [1.165, 1.54) is 4.90 Å². The van der Waals surface area contributed by atoms with Crippen LogP contribution in [0.25, 0.3) is 10.8 Å². The second-order valence-corrected chi connectivity index (χ2v) is 5.26. The van der Waals surface area contributed by atoms with Crippen molar-refractivity contribution in [1.82, 2.24) is 4.90 Å². The molecule has 0 aromatic heterocycles. The molecule has 0 radical (unpaired) electrons. The lowest BCUT2D eigenvalue weighted by Gasteiger charge is -2.27. The third kappa shape index (κ3) is 1.61. The molecule has 0 saturated carbocycles. The van der Waals surface area contributed by atoms with E-state index >= 15 is 0 Å². The highest BCUT2D eigenvalue weighted by Crippen LogP contribution is 2.38. The van der Waals surface area contributed by atoms with Gasteiger partial charge in [0.25, 0.3) is 5.91 Å². The van der Waals surface area contributed by atoms with E-state index in [-0.39, 0.29) is 11.8 Å². The molecule has 1 aliphatic rings. The van der Waals surface area contributed by atoms with Crippen LogP contribution in [0.15, 0.2) is 36.4 Å². The molecule has 1 aliphatic heterocycles. The predicted molar refractivity (Wildman–Crippen MR) is 78.9 cm³/mol. The van der Waals surface area contributed by atoms with E-state index in [4.69, 9.17) is 0 Å². The van der Waals surface area contributed by atoms with E-state index < -0.39 is 6.04 Å². The van der Waals surface area contributed by atoms with Gasteiger partial charge >= 0.3 is 0 Å². The summed E-state index contributed by atoms with van der Waals surface area (Å²) in [6.07, 6.45) is 0. The molecule has 0 N–H and O–H groups in total. The molecule has 0 unspecified atom stereocenters. The summed E-state index contributed by atoms with van der Waals surface area (Å²) in [5.74, 6) is -0.178. The summed E-state index contributed by atoms with van der Waals surface area (Å²) in [6.45, 7) is 1.77. The van der Waals surface area contributed by atoms with Gasteiger partial charge in [0.05, 0.1) is 5.69 Å². The summed E-state index contributed by atoms with van der Waals surface area (Å²) in [6, 6.07) is 11.0. The number of likely N-dealkylation sites (N-methyl/N-ethyl adjacent to an activating group) is 1. The standard InChI is InChI=1S/C16H16N2O2/c1-10(15(19)17(2)3)18-13-9-5-7-11-6-4-8-12(14(11)13)16(18)20/h4-10H,1-3H3/t10-/m0/s1. The zero-order chi connectivity index (χ0) is 14.4. The van der Waals surface area contributed by atoms with Gasteiger partial charge in [0.1, 0.15) is 6.04 Å². The van der Waals surface area contributed by atoms with Crippen LogP contribution in [0.1, 0.15) is 17.3 Å². The Labute approximate surface area is 117 Å². The maximum atomic E-state index is 12.6. The fraction of sp³-hybridized carbons (Fsp3) is 0.250. The Bertz CT molecular complexity index is 716. The predicted octanol–water partition coefficient (Wildman–Crippen LogP) is 2.28. The Morgan fingerprint density at radius 3 is 2.45 bits per heavy atom. The Morgan fingerprint density at radius 1 is 1.15 bits per heavy atom. The van der Waals surface area contributed by atoms with Crippen LogP contribution in [-0.2, 0) is 4.79 Å². The third-order valence-corrected chi connectivity index (χ3v) is 3.78. The molecule has 0 spiro atoms. The Kier molecular flexibility index (Phi) is 2.74. The van der Waals surface area contributed by atoms with Gasteiger partial charge < -0.3 is 4.90 Å². The summed E-state index contributed by atoms with van der Waals surface area (Å²) in [4.78, 5) is 27.9. The van der Waals surface area contributed by atoms with Crippen molar-refractivity contribution in [3.8, 4) is 0 Å². The largest absolute Gasteiger partial charge is 0.347 e. The molecule has 0 bridgehead atoms. The minimum atomic E-state index is -0.504. The zero-order valence-corrected chi connectivity index (χ0v) is 11.8. The number of rotatable bonds is 2. The van der Waals surface area contributed by atoms with E-state index in [1.54, 1.807) is 25.9 Å². The van der Waals surface area contributed by atoms with Gasteiger partial charge in [-0.15, -0.1) is 0 Å². The van der Waals surface area contributed by atoms with E-state index in [9.17, 15) is 9.59 Å². The molecular formula is C16H16N2O2. The molecule has 2 amide bonds. The van der Waals surface area contributed by atoms with Crippen LogP contribution in [0, 0.1) is 0 Å². The first-order chi connectivity index (χ1) is 9.52. The van der Waals surface area contributed by atoms with Crippen LogP contribution in [0.4, 0.5) is 5.69 Å². The van der Waals surface area contributed by atoms with E-state index in [1.807, 2.05) is 36.4 Å². The quantitative estimate of drug-likeness (QED) is 0.838. The minimum absolute atomic E-state index is 0.0804. The van der Waals surface area contributed by atoms with Crippen molar-refractivity contribution in [3.05, 3.63) is 42.0 Å². The third-order valence-electron chi connectivity index (χ3n) is 3.78. The van der Waals surface area contributed by atoms with Gasteiger partial charge in [0.15, 0.2) is 0 Å². The van der Waals surface area contributed by atoms with Crippen LogP contribution in [-0.4, -0.2) is 36.9 Å². The van der Waals surface area contributed by atoms with Crippen LogP contribution in [0.3, 0.4) is 0 Å². The Hall–Kier alpha value is -2.36. The maximum absolute atomic E-state index is 12.6. The highest BCUT2D eigenvalue weighted by atomic mass is 16.2. The average Bonchev–Trinajstić information content (AvgIpc) is 2.73. The van der Waals surface area contributed by atoms with Gasteiger partial charge in [-0.3, -0.25) is 14.5 Å². The monoisotopic (exact) mass is 268 g/mol. The first-order valence-corrected chi connectivity index (χ1v) is 6.59. The van der Waals surface area contributed by atoms with Crippen LogP contribution >= 0.6 is 0 Å². The van der Waals surface area contributed by atoms with Crippen LogP contribution < -0.4 is 4.90 Å². The molecule has 4 heteroatoms. The van der Waals surface area contributed by atoms with Crippen molar-refractivity contribution >= 4 is 28.3 Å². The SMILES string of the molecule is C[C@@H](C(=O)N(C)C)N1C(=O)c2cccc3cccc1c23. The van der Waals surface area contributed by atoms with Gasteiger partial charge in [0.2, 0.25) is 5.91 Å². The molecule has 20 heavy (non-hydrogen) atoms. The fourth-order valence-electron chi connectivity index (χ4n) is 2.81. The smallest absolute Gasteiger partial charge is 0.259 e. The summed E-state index contributed by atoms with van der Waals surface area (Å²) >= 11 is 0. The second kappa shape index (κ2) is 4.34. The molecule has 102 valence electrons. The van der Waals surface area contributed by atoms with Crippen molar-refractivity contribution in [2.45, 2.75) is 13.0 Å². The van der Waals surface area contributed by atoms with Crippen LogP contribution in [0.2, 0.25) is 0 Å². The highest BCUT2D eigenvalue weighted by molar-refractivity contribution is 6.26. The first kappa shape index (κ1) is 12.7. The molecule has 0 saturated heterocycles. The molecule has 4 nitrogen and oxygen atoms in total. The second-order valence-electron chi connectivity index (χ2n) is 5.26. The topological polar surface area (TPSA) is 40.6 Å². The van der Waals surface area contributed by atoms with Crippen molar-refractivity contribution < 1.29 is 9.59 Å². The lowest BCUT2D eigenvalue weighted by Crippen LogP contribution is -2.46. The van der Waals surface area contributed by atoms with Crippen molar-refractivity contribution in [3.63, 3.8) is 0 Å². The summed E-state index contributed by atoms with van der Waals surface area (Å²) < 4.78 is 0. The Balaban J connectivity index is 2.16. The molecule has 1 heterocycles. The number of amides is 2. The van der Waals surface area contributed by atoms with Gasteiger partial charge in [0, 0.05) is 25.0 Å². The molecule has 3 rings (SSSR count). The molecular weight excluding hydrogens is 252 g/mol. The molecule has 0 aliphatic carbocycles.